The SMILES string of the molecule is CC[Si](CC)(CC=C=O)O[C@@H]1C(=O)N(OC(C)(C)C)[C@@H]1c1cccs1. The van der Waals surface area contributed by atoms with Crippen molar-refractivity contribution in [3.63, 3.8) is 0 Å². The van der Waals surface area contributed by atoms with Gasteiger partial charge in [-0.2, -0.15) is 0 Å². The minimum atomic E-state index is -2.20. The lowest BCUT2D eigenvalue weighted by molar-refractivity contribution is -0.288. The zero-order valence-corrected chi connectivity index (χ0v) is 17.4. The molecule has 1 saturated heterocycles. The van der Waals surface area contributed by atoms with Gasteiger partial charge in [-0.05, 0) is 56.4 Å². The van der Waals surface area contributed by atoms with Crippen molar-refractivity contribution >= 4 is 31.5 Å². The number of β-lactam (4-membered cyclic amide) rings is 1. The van der Waals surface area contributed by atoms with Gasteiger partial charge in [-0.1, -0.05) is 19.9 Å². The van der Waals surface area contributed by atoms with Crippen molar-refractivity contribution in [1.29, 1.82) is 0 Å². The molecule has 0 unspecified atom stereocenters. The minimum Gasteiger partial charge on any atom is -0.403 e. The smallest absolute Gasteiger partial charge is 0.277 e. The van der Waals surface area contributed by atoms with Crippen molar-refractivity contribution < 1.29 is 18.9 Å². The molecule has 0 spiro atoms. The van der Waals surface area contributed by atoms with Crippen LogP contribution in [0.2, 0.25) is 18.1 Å². The predicted molar refractivity (Wildman–Crippen MR) is 101 cm³/mol. The van der Waals surface area contributed by atoms with E-state index in [1.807, 2.05) is 44.2 Å². The first-order valence-corrected chi connectivity index (χ1v) is 12.1. The van der Waals surface area contributed by atoms with E-state index in [1.165, 1.54) is 11.1 Å². The largest absolute Gasteiger partial charge is 0.403 e. The number of hydroxylamine groups is 2. The second-order valence-corrected chi connectivity index (χ2v) is 12.7. The van der Waals surface area contributed by atoms with Crippen LogP contribution >= 0.6 is 11.3 Å². The molecule has 1 aliphatic rings. The molecule has 0 aromatic carbocycles. The lowest BCUT2D eigenvalue weighted by Gasteiger charge is -2.49. The Kier molecular flexibility index (Phi) is 6.40. The molecule has 0 saturated carbocycles. The number of allylic oxidation sites excluding steroid dienone is 1. The van der Waals surface area contributed by atoms with E-state index in [1.54, 1.807) is 11.3 Å². The first-order valence-electron chi connectivity index (χ1n) is 8.69. The molecule has 0 aliphatic carbocycles. The number of amides is 1. The first-order chi connectivity index (χ1) is 11.8. The fourth-order valence-corrected chi connectivity index (χ4v) is 6.49. The molecule has 138 valence electrons. The molecular weight excluding hydrogens is 354 g/mol. The van der Waals surface area contributed by atoms with Gasteiger partial charge in [0.05, 0.1) is 5.60 Å². The Labute approximate surface area is 154 Å². The van der Waals surface area contributed by atoms with Crippen molar-refractivity contribution in [2.24, 2.45) is 0 Å². The Morgan fingerprint density at radius 1 is 1.36 bits per heavy atom. The monoisotopic (exact) mass is 381 g/mol. The van der Waals surface area contributed by atoms with Crippen molar-refractivity contribution in [1.82, 2.24) is 5.06 Å². The van der Waals surface area contributed by atoms with Gasteiger partial charge in [0.2, 0.25) is 0 Å². The highest BCUT2D eigenvalue weighted by Gasteiger charge is 2.54. The minimum absolute atomic E-state index is 0.137. The molecule has 1 aliphatic heterocycles. The predicted octanol–water partition coefficient (Wildman–Crippen LogP) is 4.12. The van der Waals surface area contributed by atoms with Crippen molar-refractivity contribution in [2.45, 2.75) is 70.5 Å². The van der Waals surface area contributed by atoms with Crippen LogP contribution in [0.5, 0.6) is 0 Å². The van der Waals surface area contributed by atoms with Crippen molar-refractivity contribution in [3.8, 4) is 0 Å². The maximum atomic E-state index is 12.7. The summed E-state index contributed by atoms with van der Waals surface area (Å²) in [6, 6.07) is 6.03. The summed E-state index contributed by atoms with van der Waals surface area (Å²) in [5.74, 6) is 1.72. The summed E-state index contributed by atoms with van der Waals surface area (Å²) in [7, 11) is -2.20. The van der Waals surface area contributed by atoms with Crippen molar-refractivity contribution in [2.75, 3.05) is 0 Å². The van der Waals surface area contributed by atoms with Crippen LogP contribution in [0.1, 0.15) is 45.5 Å². The molecule has 7 heteroatoms. The van der Waals surface area contributed by atoms with Crippen LogP contribution in [0.3, 0.4) is 0 Å². The Bertz CT molecular complexity index is 630. The molecule has 1 fully saturated rings. The molecule has 2 rings (SSSR count). The van der Waals surface area contributed by atoms with E-state index in [4.69, 9.17) is 9.26 Å². The van der Waals surface area contributed by atoms with E-state index in [9.17, 15) is 9.59 Å². The topological polar surface area (TPSA) is 55.8 Å². The number of nitrogens with zero attached hydrogens (tertiary/aromatic N) is 1. The Balaban J connectivity index is 2.26. The maximum Gasteiger partial charge on any atom is 0.277 e. The van der Waals surface area contributed by atoms with E-state index in [0.717, 1.165) is 17.0 Å². The molecule has 0 N–H and O–H groups in total. The van der Waals surface area contributed by atoms with Crippen LogP contribution in [0, 0.1) is 0 Å². The van der Waals surface area contributed by atoms with Crippen LogP contribution in [0.25, 0.3) is 0 Å². The lowest BCUT2D eigenvalue weighted by Crippen LogP contribution is -2.63. The average molecular weight is 382 g/mol. The second kappa shape index (κ2) is 7.97. The van der Waals surface area contributed by atoms with Crippen LogP contribution in [0.15, 0.2) is 23.6 Å². The van der Waals surface area contributed by atoms with Gasteiger partial charge in [0, 0.05) is 4.88 Å². The third-order valence-corrected chi connectivity index (χ3v) is 9.65. The summed E-state index contributed by atoms with van der Waals surface area (Å²) in [6.45, 7) is 9.91. The second-order valence-electron chi connectivity index (χ2n) is 7.28. The fraction of sp³-hybridized carbons (Fsp3) is 0.611. The quantitative estimate of drug-likeness (QED) is 0.386. The van der Waals surface area contributed by atoms with Gasteiger partial charge in [0.1, 0.15) is 12.0 Å². The number of rotatable bonds is 8. The zero-order chi connectivity index (χ0) is 18.7. The third kappa shape index (κ3) is 4.48. The van der Waals surface area contributed by atoms with Crippen LogP contribution in [0.4, 0.5) is 0 Å². The normalized spacial score (nSPS) is 21.0. The summed E-state index contributed by atoms with van der Waals surface area (Å²) in [6.07, 6.45) is 0.971. The molecule has 2 heterocycles. The van der Waals surface area contributed by atoms with Crippen molar-refractivity contribution in [3.05, 3.63) is 28.5 Å². The van der Waals surface area contributed by atoms with Gasteiger partial charge in [-0.25, -0.2) is 9.86 Å². The number of hydrogen-bond donors (Lipinski definition) is 0. The van der Waals surface area contributed by atoms with Gasteiger partial charge >= 0.3 is 0 Å². The molecule has 2 atom stereocenters. The van der Waals surface area contributed by atoms with E-state index in [2.05, 4.69) is 13.8 Å². The first kappa shape index (κ1) is 20.1. The fourth-order valence-electron chi connectivity index (χ4n) is 2.92. The molecule has 5 nitrogen and oxygen atoms in total. The highest BCUT2D eigenvalue weighted by molar-refractivity contribution is 7.10. The highest BCUT2D eigenvalue weighted by Crippen LogP contribution is 2.43. The van der Waals surface area contributed by atoms with E-state index < -0.39 is 20.0 Å². The molecule has 25 heavy (non-hydrogen) atoms. The zero-order valence-electron chi connectivity index (χ0n) is 15.6. The summed E-state index contributed by atoms with van der Waals surface area (Å²) < 4.78 is 6.43. The van der Waals surface area contributed by atoms with Gasteiger partial charge in [-0.15, -0.1) is 11.3 Å². The number of carbonyl (C=O) groups is 1. The highest BCUT2D eigenvalue weighted by atomic mass is 32.1. The Hall–Kier alpha value is -1.24. The summed E-state index contributed by atoms with van der Waals surface area (Å²) in [5, 5.41) is 3.44. The Morgan fingerprint density at radius 2 is 2.04 bits per heavy atom. The molecular formula is C18H27NO4SSi. The van der Waals surface area contributed by atoms with Gasteiger partial charge in [-0.3, -0.25) is 9.63 Å². The summed E-state index contributed by atoms with van der Waals surface area (Å²) >= 11 is 1.59. The van der Waals surface area contributed by atoms with E-state index in [0.29, 0.717) is 6.04 Å². The summed E-state index contributed by atoms with van der Waals surface area (Å²) in [4.78, 5) is 30.3. The lowest BCUT2D eigenvalue weighted by atomic mass is 10.00. The summed E-state index contributed by atoms with van der Waals surface area (Å²) in [5.41, 5.74) is -0.458. The number of carbonyl (C=O) groups excluding carboxylic acids is 2. The number of hydrogen-bond acceptors (Lipinski definition) is 5. The van der Waals surface area contributed by atoms with Crippen LogP contribution < -0.4 is 0 Å². The standard InChI is InChI=1S/C18H27NO4SSi/c1-6-25(7-2,13-9-11-20)22-16-15(14-10-8-12-24-14)19(17(16)21)23-18(3,4)5/h8-10,12,15-16H,6-7,13H2,1-5H3/t15-,16+/m1/s1. The van der Waals surface area contributed by atoms with Gasteiger partial charge in [0.15, 0.2) is 14.4 Å². The molecule has 1 aromatic heterocycles. The van der Waals surface area contributed by atoms with Gasteiger partial charge < -0.3 is 4.43 Å². The van der Waals surface area contributed by atoms with E-state index >= 15 is 0 Å². The molecule has 1 amide bonds. The molecule has 0 bridgehead atoms. The van der Waals surface area contributed by atoms with Crippen LogP contribution in [-0.4, -0.2) is 36.9 Å². The molecule has 0 radical (unpaired) electrons. The molecule has 1 aromatic rings. The van der Waals surface area contributed by atoms with E-state index in [-0.39, 0.29) is 11.9 Å². The maximum absolute atomic E-state index is 12.7. The third-order valence-electron chi connectivity index (χ3n) is 4.43. The number of thiophene rings is 1. The van der Waals surface area contributed by atoms with Gasteiger partial charge in [0.25, 0.3) is 5.91 Å². The Morgan fingerprint density at radius 3 is 2.52 bits per heavy atom. The average Bonchev–Trinajstić information content (AvgIpc) is 3.09. The van der Waals surface area contributed by atoms with Crippen LogP contribution in [-0.2, 0) is 18.9 Å².